The normalized spacial score (nSPS) is 16.4. The van der Waals surface area contributed by atoms with Crippen LogP contribution in [0.2, 0.25) is 23.7 Å². The van der Waals surface area contributed by atoms with E-state index in [9.17, 15) is 4.79 Å². The first-order valence-electron chi connectivity index (χ1n) is 13.6. The Morgan fingerprint density at radius 3 is 1.69 bits per heavy atom. The topological polar surface area (TPSA) is 54.0 Å². The minimum Gasteiger partial charge on any atom is -0.519 e. The quantitative estimate of drug-likeness (QED) is 0.139. The maximum absolute atomic E-state index is 13.5. The number of carbonyl (C=O) groups is 1. The largest absolute Gasteiger partial charge is 0.519 e. The van der Waals surface area contributed by atoms with Crippen molar-refractivity contribution in [2.24, 2.45) is 5.92 Å². The van der Waals surface area contributed by atoms with Crippen LogP contribution >= 0.6 is 0 Å². The first kappa shape index (κ1) is 29.8. The van der Waals surface area contributed by atoms with Crippen LogP contribution in [0.3, 0.4) is 0 Å². The van der Waals surface area contributed by atoms with Crippen molar-refractivity contribution in [1.29, 1.82) is 0 Å². The third kappa shape index (κ3) is 9.57. The summed E-state index contributed by atoms with van der Waals surface area (Å²) in [5.41, 5.74) is 0.639. The lowest BCUT2D eigenvalue weighted by molar-refractivity contribution is -0.139. The summed E-state index contributed by atoms with van der Waals surface area (Å²) in [6.45, 7) is 14.0. The molecule has 0 aromatic carbocycles. The van der Waals surface area contributed by atoms with Crippen LogP contribution in [0, 0.1) is 5.92 Å². The molecule has 1 saturated carbocycles. The molecule has 190 valence electrons. The highest BCUT2D eigenvalue weighted by Crippen LogP contribution is 2.45. The Labute approximate surface area is 200 Å². The molecule has 32 heavy (non-hydrogen) atoms. The minimum absolute atomic E-state index is 0.0347. The fraction of sp³-hybridized carbons (Fsp3) is 0.960. The Morgan fingerprint density at radius 2 is 1.28 bits per heavy atom. The molecule has 1 unspecified atom stereocenters. The molecule has 0 heterocycles. The predicted octanol–water partition coefficient (Wildman–Crippen LogP) is 7.48. The number of hydrogen-bond donors (Lipinski definition) is 0. The van der Waals surface area contributed by atoms with Gasteiger partial charge in [-0.15, -0.1) is 0 Å². The molecule has 1 fully saturated rings. The van der Waals surface area contributed by atoms with Crippen molar-refractivity contribution < 1.29 is 22.5 Å². The summed E-state index contributed by atoms with van der Waals surface area (Å²) < 4.78 is 24.8. The average molecular weight is 489 g/mol. The van der Waals surface area contributed by atoms with Crippen LogP contribution in [-0.4, -0.2) is 42.9 Å². The van der Waals surface area contributed by atoms with Crippen molar-refractivity contribution in [2.45, 2.75) is 129 Å². The summed E-state index contributed by atoms with van der Waals surface area (Å²) in [4.78, 5) is 13.5. The van der Waals surface area contributed by atoms with E-state index in [1.54, 1.807) is 0 Å². The zero-order valence-electron chi connectivity index (χ0n) is 22.0. The molecular weight excluding hydrogens is 436 g/mol. The summed E-state index contributed by atoms with van der Waals surface area (Å²) in [7, 11) is -5.03. The van der Waals surface area contributed by atoms with Gasteiger partial charge in [-0.3, -0.25) is 4.79 Å². The number of unbranched alkanes of at least 4 members (excludes halogenated alkanes) is 4. The van der Waals surface area contributed by atoms with Crippen molar-refractivity contribution in [2.75, 3.05) is 19.8 Å². The first-order valence-corrected chi connectivity index (χ1v) is 17.9. The molecule has 7 heteroatoms. The fourth-order valence-electron chi connectivity index (χ4n) is 5.24. The Balaban J connectivity index is 3.03. The number of rotatable bonds is 19. The van der Waals surface area contributed by atoms with Gasteiger partial charge in [0.05, 0.1) is 5.92 Å². The molecule has 0 spiro atoms. The van der Waals surface area contributed by atoms with Crippen LogP contribution in [-0.2, 0) is 22.5 Å². The van der Waals surface area contributed by atoms with Crippen LogP contribution < -0.4 is 0 Å². The molecule has 0 radical (unpaired) electrons. The molecule has 1 aliphatic carbocycles. The Bertz CT molecular complexity index is 470. The van der Waals surface area contributed by atoms with Crippen molar-refractivity contribution >= 4 is 23.1 Å². The maximum atomic E-state index is 13.5. The second kappa shape index (κ2) is 16.4. The van der Waals surface area contributed by atoms with Crippen LogP contribution in [0.4, 0.5) is 0 Å². The summed E-state index contributed by atoms with van der Waals surface area (Å²) in [5.74, 6) is -0.301. The van der Waals surface area contributed by atoms with Gasteiger partial charge in [0.15, 0.2) is 0 Å². The Hall–Kier alpha value is -0.216. The lowest BCUT2D eigenvalue weighted by atomic mass is 10.2. The van der Waals surface area contributed by atoms with Gasteiger partial charge in [-0.25, -0.2) is 0 Å². The zero-order chi connectivity index (χ0) is 23.9. The highest BCUT2D eigenvalue weighted by atomic mass is 28.4. The molecule has 0 N–H and O–H groups in total. The molecule has 0 bridgehead atoms. The second-order valence-corrected chi connectivity index (χ2v) is 16.3. The van der Waals surface area contributed by atoms with E-state index in [-0.39, 0.29) is 11.9 Å². The van der Waals surface area contributed by atoms with Gasteiger partial charge in [-0.05, 0) is 51.2 Å². The Morgan fingerprint density at radius 1 is 0.812 bits per heavy atom. The van der Waals surface area contributed by atoms with Crippen molar-refractivity contribution in [3.05, 3.63) is 0 Å². The Kier molecular flexibility index (Phi) is 15.3. The molecule has 5 nitrogen and oxygen atoms in total. The van der Waals surface area contributed by atoms with E-state index in [0.717, 1.165) is 12.1 Å². The highest BCUT2D eigenvalue weighted by Gasteiger charge is 2.49. The van der Waals surface area contributed by atoms with Gasteiger partial charge in [0.2, 0.25) is 0 Å². The van der Waals surface area contributed by atoms with Crippen LogP contribution in [0.1, 0.15) is 106 Å². The standard InChI is InChI=1S/C25H52O5Si2/c1-7-12-16-20-31(21-17-13-8-2,24-18-14-15-19-24)30-25(26)23(6)22-32(27-9-3,28-10-4)29-11-5/h23-24H,7-22H2,1-6H3. The summed E-state index contributed by atoms with van der Waals surface area (Å²) in [6, 6.07) is 2.78. The molecule has 1 aliphatic rings. The maximum Gasteiger partial charge on any atom is 0.501 e. The third-order valence-corrected chi connectivity index (χ3v) is 15.2. The van der Waals surface area contributed by atoms with E-state index in [0.29, 0.717) is 31.4 Å². The zero-order valence-corrected chi connectivity index (χ0v) is 24.0. The predicted molar refractivity (Wildman–Crippen MR) is 137 cm³/mol. The number of carbonyl (C=O) groups excluding carboxylic acids is 1. The van der Waals surface area contributed by atoms with Crippen molar-refractivity contribution in [1.82, 2.24) is 0 Å². The van der Waals surface area contributed by atoms with Crippen LogP contribution in [0.5, 0.6) is 0 Å². The SMILES string of the molecule is CCCCC[Si](CCCCC)(OC(=O)C(C)C[Si](OCC)(OCC)OCC)C1CCCC1. The van der Waals surface area contributed by atoms with Gasteiger partial charge in [0.25, 0.3) is 14.3 Å². The summed E-state index contributed by atoms with van der Waals surface area (Å²) >= 11 is 0. The van der Waals surface area contributed by atoms with Gasteiger partial charge < -0.3 is 17.7 Å². The van der Waals surface area contributed by atoms with Gasteiger partial charge in [0, 0.05) is 25.9 Å². The van der Waals surface area contributed by atoms with Gasteiger partial charge in [-0.2, -0.15) is 0 Å². The molecule has 0 amide bonds. The molecule has 0 aliphatic heterocycles. The van der Waals surface area contributed by atoms with Crippen molar-refractivity contribution in [3.63, 3.8) is 0 Å². The lowest BCUT2D eigenvalue weighted by Crippen LogP contribution is -2.50. The molecule has 0 aromatic heterocycles. The van der Waals surface area contributed by atoms with Gasteiger partial charge in [0.1, 0.15) is 0 Å². The van der Waals surface area contributed by atoms with E-state index in [2.05, 4.69) is 13.8 Å². The fourth-order valence-corrected chi connectivity index (χ4v) is 13.3. The van der Waals surface area contributed by atoms with Crippen LogP contribution in [0.25, 0.3) is 0 Å². The van der Waals surface area contributed by atoms with Gasteiger partial charge in [-0.1, -0.05) is 72.1 Å². The third-order valence-electron chi connectivity index (χ3n) is 6.86. The van der Waals surface area contributed by atoms with Crippen LogP contribution in [0.15, 0.2) is 0 Å². The monoisotopic (exact) mass is 488 g/mol. The molecule has 1 atom stereocenters. The number of hydrogen-bond acceptors (Lipinski definition) is 5. The second-order valence-electron chi connectivity index (χ2n) is 9.47. The smallest absolute Gasteiger partial charge is 0.501 e. The molecule has 0 saturated heterocycles. The molecular formula is C25H52O5Si2. The first-order chi connectivity index (χ1) is 15.4. The molecule has 0 aromatic rings. The minimum atomic E-state index is -2.88. The molecule has 1 rings (SSSR count). The lowest BCUT2D eigenvalue weighted by Gasteiger charge is -2.38. The van der Waals surface area contributed by atoms with Gasteiger partial charge >= 0.3 is 8.80 Å². The van der Waals surface area contributed by atoms with E-state index in [1.165, 1.54) is 64.2 Å². The van der Waals surface area contributed by atoms with E-state index in [1.807, 2.05) is 27.7 Å². The van der Waals surface area contributed by atoms with E-state index in [4.69, 9.17) is 17.7 Å². The summed E-state index contributed by atoms with van der Waals surface area (Å²) in [6.07, 6.45) is 12.4. The van der Waals surface area contributed by atoms with Crippen molar-refractivity contribution in [3.8, 4) is 0 Å². The van der Waals surface area contributed by atoms with E-state index >= 15 is 0 Å². The summed E-state index contributed by atoms with van der Waals surface area (Å²) in [5, 5.41) is 0. The average Bonchev–Trinajstić information content (AvgIpc) is 3.30. The highest BCUT2D eigenvalue weighted by molar-refractivity contribution is 6.76. The van der Waals surface area contributed by atoms with E-state index < -0.39 is 17.1 Å².